The molecule has 3 rings (SSSR count). The largest absolute Gasteiger partial charge is 0.383 e. The van der Waals surface area contributed by atoms with Gasteiger partial charge in [-0.2, -0.15) is 0 Å². The molecular weight excluding hydrogens is 318 g/mol. The van der Waals surface area contributed by atoms with Crippen LogP contribution in [0.25, 0.3) is 22.0 Å². The highest BCUT2D eigenvalue weighted by Gasteiger charge is 2.07. The molecule has 0 radical (unpaired) electrons. The zero-order chi connectivity index (χ0) is 15.7. The average Bonchev–Trinajstić information content (AvgIpc) is 2.47. The molecule has 0 aliphatic rings. The third-order valence-electron chi connectivity index (χ3n) is 3.38. The van der Waals surface area contributed by atoms with Gasteiger partial charge in [-0.25, -0.2) is 9.19 Å². The first-order valence-corrected chi connectivity index (χ1v) is 8.37. The molecule has 0 spiro atoms. The molecule has 1 aromatic heterocycles. The molecule has 22 heavy (non-hydrogen) atoms. The van der Waals surface area contributed by atoms with Gasteiger partial charge >= 0.3 is 0 Å². The van der Waals surface area contributed by atoms with Crippen LogP contribution in [-0.4, -0.2) is 9.19 Å². The molecule has 3 aromatic rings. The van der Waals surface area contributed by atoms with Gasteiger partial charge in [0.05, 0.1) is 22.3 Å². The number of nitrogens with two attached hydrogens (primary N) is 2. The second-order valence-corrected chi connectivity index (χ2v) is 6.47. The number of hydrogen-bond acceptors (Lipinski definition) is 3. The fourth-order valence-electron chi connectivity index (χ4n) is 2.34. The molecule has 6 heteroatoms. The van der Waals surface area contributed by atoms with Gasteiger partial charge in [0.2, 0.25) is 0 Å². The molecule has 1 unspecified atom stereocenters. The van der Waals surface area contributed by atoms with Gasteiger partial charge in [0.25, 0.3) is 0 Å². The van der Waals surface area contributed by atoms with Crippen LogP contribution in [0.1, 0.15) is 5.56 Å². The molecule has 4 N–H and O–H groups in total. The van der Waals surface area contributed by atoms with E-state index in [0.29, 0.717) is 16.6 Å². The average molecular weight is 332 g/mol. The lowest BCUT2D eigenvalue weighted by atomic mass is 10.0. The number of hydrogen-bond donors (Lipinski definition) is 2. The molecule has 0 amide bonds. The van der Waals surface area contributed by atoms with E-state index in [0.717, 1.165) is 27.6 Å². The molecule has 1 heterocycles. The van der Waals surface area contributed by atoms with E-state index in [1.54, 1.807) is 6.07 Å². The maximum absolute atomic E-state index is 11.0. The van der Waals surface area contributed by atoms with Gasteiger partial charge in [-0.15, -0.1) is 0 Å². The van der Waals surface area contributed by atoms with Gasteiger partial charge < -0.3 is 5.73 Å². The summed E-state index contributed by atoms with van der Waals surface area (Å²) in [6.45, 7) is 0. The number of fused-ring (bicyclic) bond motifs is 1. The summed E-state index contributed by atoms with van der Waals surface area (Å²) in [6.07, 6.45) is 0. The minimum absolute atomic E-state index is 0.335. The molecule has 0 saturated carbocycles. The van der Waals surface area contributed by atoms with Gasteiger partial charge in [0, 0.05) is 16.0 Å². The Morgan fingerprint density at radius 1 is 1.09 bits per heavy atom. The van der Waals surface area contributed by atoms with Crippen LogP contribution in [0.5, 0.6) is 0 Å². The van der Waals surface area contributed by atoms with Crippen molar-refractivity contribution in [2.75, 3.05) is 5.73 Å². The number of halogens is 1. The van der Waals surface area contributed by atoms with Crippen LogP contribution >= 0.6 is 11.6 Å². The third kappa shape index (κ3) is 3.11. The number of aromatic nitrogens is 1. The minimum Gasteiger partial charge on any atom is -0.383 e. The van der Waals surface area contributed by atoms with Crippen LogP contribution in [-0.2, 0) is 16.7 Å². The van der Waals surface area contributed by atoms with Crippen LogP contribution in [0.15, 0.2) is 48.5 Å². The number of nitrogen functional groups attached to an aromatic ring is 1. The van der Waals surface area contributed by atoms with E-state index in [4.69, 9.17) is 22.5 Å². The summed E-state index contributed by atoms with van der Waals surface area (Å²) in [5.41, 5.74) is 9.57. The minimum atomic E-state index is -1.34. The number of anilines is 1. The molecule has 2 aromatic carbocycles. The smallest absolute Gasteiger partial charge is 0.131 e. The fraction of sp³-hybridized carbons (Fsp3) is 0.0625. The number of rotatable bonds is 3. The van der Waals surface area contributed by atoms with Gasteiger partial charge in [0.1, 0.15) is 5.82 Å². The predicted octanol–water partition coefficient (Wildman–Crippen LogP) is 3.26. The van der Waals surface area contributed by atoms with Gasteiger partial charge in [0.15, 0.2) is 0 Å². The number of nitrogens with zero attached hydrogens (tertiary/aromatic N) is 1. The van der Waals surface area contributed by atoms with E-state index in [1.807, 2.05) is 42.5 Å². The molecule has 0 saturated heterocycles. The number of benzene rings is 2. The van der Waals surface area contributed by atoms with Crippen LogP contribution in [0, 0.1) is 0 Å². The van der Waals surface area contributed by atoms with Crippen molar-refractivity contribution in [1.29, 1.82) is 0 Å². The number of pyridine rings is 1. The summed E-state index contributed by atoms with van der Waals surface area (Å²) in [5, 5.41) is 6.90. The van der Waals surface area contributed by atoms with Gasteiger partial charge in [-0.1, -0.05) is 35.9 Å². The lowest BCUT2D eigenvalue weighted by molar-refractivity contribution is 0.684. The SMILES string of the molecule is Nc1nc2ccc(Cl)cc2cc1-c1ccc(CS(N)=O)cc1. The molecular formula is C16H14ClN3OS. The first-order chi connectivity index (χ1) is 10.5. The maximum atomic E-state index is 11.0. The zero-order valence-electron chi connectivity index (χ0n) is 11.6. The summed E-state index contributed by atoms with van der Waals surface area (Å²) in [4.78, 5) is 4.41. The molecule has 0 bridgehead atoms. The Hall–Kier alpha value is -1.95. The highest BCUT2D eigenvalue weighted by Crippen LogP contribution is 2.29. The molecule has 112 valence electrons. The van der Waals surface area contributed by atoms with Gasteiger partial charge in [-0.3, -0.25) is 5.14 Å². The standard InChI is InChI=1S/C16H14ClN3OS/c17-13-5-6-15-12(7-13)8-14(16(18)20-15)11-3-1-10(2-4-11)9-22(19)21/h1-8H,9,19H2,(H2,18,20). The van der Waals surface area contributed by atoms with Crippen molar-refractivity contribution in [3.8, 4) is 11.1 Å². The van der Waals surface area contributed by atoms with Crippen molar-refractivity contribution in [2.24, 2.45) is 5.14 Å². The maximum Gasteiger partial charge on any atom is 0.131 e. The summed E-state index contributed by atoms with van der Waals surface area (Å²) < 4.78 is 11.0. The van der Waals surface area contributed by atoms with Gasteiger partial charge in [-0.05, 0) is 35.4 Å². The Labute approximate surface area is 135 Å². The highest BCUT2D eigenvalue weighted by atomic mass is 35.5. The van der Waals surface area contributed by atoms with Crippen molar-refractivity contribution in [2.45, 2.75) is 5.75 Å². The monoisotopic (exact) mass is 331 g/mol. The lowest BCUT2D eigenvalue weighted by Gasteiger charge is -2.08. The third-order valence-corrected chi connectivity index (χ3v) is 4.23. The Balaban J connectivity index is 2.05. The van der Waals surface area contributed by atoms with Crippen molar-refractivity contribution < 1.29 is 4.21 Å². The van der Waals surface area contributed by atoms with Crippen molar-refractivity contribution >= 4 is 39.3 Å². The van der Waals surface area contributed by atoms with E-state index >= 15 is 0 Å². The summed E-state index contributed by atoms with van der Waals surface area (Å²) in [6, 6.07) is 15.1. The van der Waals surface area contributed by atoms with Crippen LogP contribution < -0.4 is 10.9 Å². The molecule has 0 aliphatic heterocycles. The predicted molar refractivity (Wildman–Crippen MR) is 92.6 cm³/mol. The molecule has 1 atom stereocenters. The van der Waals surface area contributed by atoms with E-state index in [-0.39, 0.29) is 0 Å². The van der Waals surface area contributed by atoms with Crippen LogP contribution in [0.2, 0.25) is 5.02 Å². The zero-order valence-corrected chi connectivity index (χ0v) is 13.2. The molecule has 0 fully saturated rings. The molecule has 4 nitrogen and oxygen atoms in total. The van der Waals surface area contributed by atoms with Crippen LogP contribution in [0.4, 0.5) is 5.82 Å². The van der Waals surface area contributed by atoms with E-state index in [2.05, 4.69) is 4.98 Å². The topological polar surface area (TPSA) is 82.0 Å². The second-order valence-electron chi connectivity index (χ2n) is 4.98. The highest BCUT2D eigenvalue weighted by molar-refractivity contribution is 7.81. The second kappa shape index (κ2) is 6.04. The van der Waals surface area contributed by atoms with E-state index < -0.39 is 11.0 Å². The normalized spacial score (nSPS) is 12.5. The quantitative estimate of drug-likeness (QED) is 0.772. The Bertz CT molecular complexity index is 865. The summed E-state index contributed by atoms with van der Waals surface area (Å²) in [7, 11) is -1.34. The fourth-order valence-corrected chi connectivity index (χ4v) is 3.04. The summed E-state index contributed by atoms with van der Waals surface area (Å²) >= 11 is 6.03. The molecule has 0 aliphatic carbocycles. The van der Waals surface area contributed by atoms with E-state index in [9.17, 15) is 4.21 Å². The Kier molecular flexibility index (Phi) is 4.11. The van der Waals surface area contributed by atoms with E-state index in [1.165, 1.54) is 0 Å². The first-order valence-electron chi connectivity index (χ1n) is 6.61. The Morgan fingerprint density at radius 2 is 1.82 bits per heavy atom. The summed E-state index contributed by atoms with van der Waals surface area (Å²) in [5.74, 6) is 0.798. The van der Waals surface area contributed by atoms with Crippen LogP contribution in [0.3, 0.4) is 0 Å². The van der Waals surface area contributed by atoms with Crippen molar-refractivity contribution in [3.63, 3.8) is 0 Å². The Morgan fingerprint density at radius 3 is 2.50 bits per heavy atom. The van der Waals surface area contributed by atoms with Crippen molar-refractivity contribution in [3.05, 3.63) is 59.1 Å². The van der Waals surface area contributed by atoms with Crippen molar-refractivity contribution in [1.82, 2.24) is 4.98 Å². The lowest BCUT2D eigenvalue weighted by Crippen LogP contribution is -2.05. The first kappa shape index (κ1) is 15.0.